The van der Waals surface area contributed by atoms with Gasteiger partial charge in [0.2, 0.25) is 0 Å². The van der Waals surface area contributed by atoms with Gasteiger partial charge >= 0.3 is 0 Å². The Bertz CT molecular complexity index is 1920. The van der Waals surface area contributed by atoms with Gasteiger partial charge in [-0.3, -0.25) is 0 Å². The Hall–Kier alpha value is -4.16. The molecule has 0 saturated carbocycles. The van der Waals surface area contributed by atoms with Crippen LogP contribution in [-0.4, -0.2) is 0 Å². The normalized spacial score (nSPS) is 27.7. The fraction of sp³-hybridized carbons (Fsp3) is 0.220. The van der Waals surface area contributed by atoms with Gasteiger partial charge in [0.05, 0.1) is 0 Å². The highest BCUT2D eigenvalue weighted by Gasteiger charge is 2.49. The van der Waals surface area contributed by atoms with Gasteiger partial charge in [0, 0.05) is 35.5 Å². The van der Waals surface area contributed by atoms with E-state index in [9.17, 15) is 0 Å². The SMILES string of the molecule is c1ccc2cc3c(cc2c1)[C@@H]1C[C@H]3c2cc3c(cc21)C1CC3c2cc3c(cc21)[C@@H]1C[C@H]3c2cc3ccccc3cc21. The lowest BCUT2D eigenvalue weighted by atomic mass is 9.76. The molecular formula is C41H28. The summed E-state index contributed by atoms with van der Waals surface area (Å²) in [7, 11) is 0. The summed E-state index contributed by atoms with van der Waals surface area (Å²) in [5.41, 5.74) is 19.6. The molecule has 0 N–H and O–H groups in total. The zero-order valence-electron chi connectivity index (χ0n) is 22.8. The number of fused-ring (bicyclic) bond motifs is 26. The predicted octanol–water partition coefficient (Wildman–Crippen LogP) is 9.94. The van der Waals surface area contributed by atoms with Crippen LogP contribution in [0.25, 0.3) is 21.5 Å². The second kappa shape index (κ2) is 6.66. The summed E-state index contributed by atoms with van der Waals surface area (Å²) in [6.07, 6.45) is 3.83. The van der Waals surface area contributed by atoms with Crippen LogP contribution in [0, 0.1) is 0 Å². The molecule has 6 bridgehead atoms. The molecule has 0 fully saturated rings. The topological polar surface area (TPSA) is 0 Å². The lowest BCUT2D eigenvalue weighted by Gasteiger charge is -2.28. The predicted molar refractivity (Wildman–Crippen MR) is 166 cm³/mol. The fourth-order valence-corrected chi connectivity index (χ4v) is 10.7. The first-order chi connectivity index (χ1) is 20.3. The molecule has 0 aromatic heterocycles. The second-order valence-corrected chi connectivity index (χ2v) is 13.9. The molecule has 6 aliphatic carbocycles. The summed E-state index contributed by atoms with van der Waals surface area (Å²) in [6, 6.07) is 38.6. The molecule has 6 atom stereocenters. The average Bonchev–Trinajstić information content (AvgIpc) is 3.85. The van der Waals surface area contributed by atoms with Crippen LogP contribution in [0.4, 0.5) is 0 Å². The Labute approximate surface area is 239 Å². The molecule has 6 aromatic carbocycles. The minimum atomic E-state index is 0.584. The van der Waals surface area contributed by atoms with Crippen molar-refractivity contribution in [3.63, 3.8) is 0 Å². The maximum Gasteiger partial charge on any atom is 0.0105 e. The monoisotopic (exact) mass is 520 g/mol. The van der Waals surface area contributed by atoms with Gasteiger partial charge in [-0.1, -0.05) is 97.1 Å². The van der Waals surface area contributed by atoms with E-state index in [-0.39, 0.29) is 0 Å². The number of hydrogen-bond acceptors (Lipinski definition) is 0. The van der Waals surface area contributed by atoms with Gasteiger partial charge in [-0.15, -0.1) is 0 Å². The van der Waals surface area contributed by atoms with Crippen LogP contribution in [0.1, 0.15) is 122 Å². The standard InChI is InChI=1S/C41H28/c1-2-6-21-10-25-24(9-20(21)5-1)28-13-29(25)33-16-37-36(15-32(28)33)40-19-41(37)39-18-35-31-14-30(34(35)17-38(39)40)26-11-22-7-3-4-8-23(22)12-27(26)31/h1-12,15-18,28-31,40-41H,13-14,19H2/t28-,29+,30+,31-,40?,41?. The molecule has 0 nitrogen and oxygen atoms in total. The van der Waals surface area contributed by atoms with E-state index in [1.54, 1.807) is 66.8 Å². The van der Waals surface area contributed by atoms with Gasteiger partial charge in [0.15, 0.2) is 0 Å². The van der Waals surface area contributed by atoms with Crippen molar-refractivity contribution in [1.29, 1.82) is 0 Å². The maximum absolute atomic E-state index is 2.68. The van der Waals surface area contributed by atoms with Gasteiger partial charge < -0.3 is 0 Å². The van der Waals surface area contributed by atoms with Crippen molar-refractivity contribution >= 4 is 21.5 Å². The van der Waals surface area contributed by atoms with Crippen LogP contribution >= 0.6 is 0 Å². The molecule has 0 spiro atoms. The summed E-state index contributed by atoms with van der Waals surface area (Å²) in [6.45, 7) is 0. The molecule has 0 radical (unpaired) electrons. The quantitative estimate of drug-likeness (QED) is 0.187. The molecule has 6 aromatic rings. The molecule has 6 aliphatic rings. The summed E-state index contributed by atoms with van der Waals surface area (Å²) < 4.78 is 0. The Morgan fingerprint density at radius 1 is 0.268 bits per heavy atom. The van der Waals surface area contributed by atoms with E-state index in [0.29, 0.717) is 35.5 Å². The third-order valence-electron chi connectivity index (χ3n) is 12.4. The lowest BCUT2D eigenvalue weighted by Crippen LogP contribution is -2.11. The number of hydrogen-bond donors (Lipinski definition) is 0. The molecule has 2 unspecified atom stereocenters. The zero-order chi connectivity index (χ0) is 26.1. The molecule has 41 heavy (non-hydrogen) atoms. The summed E-state index contributed by atoms with van der Waals surface area (Å²) in [5.74, 6) is 3.51. The van der Waals surface area contributed by atoms with E-state index in [1.807, 2.05) is 0 Å². The van der Waals surface area contributed by atoms with E-state index in [2.05, 4.69) is 97.1 Å². The van der Waals surface area contributed by atoms with E-state index in [0.717, 1.165) is 0 Å². The van der Waals surface area contributed by atoms with Crippen LogP contribution in [-0.2, 0) is 0 Å². The molecule has 0 saturated heterocycles. The highest BCUT2D eigenvalue weighted by Crippen LogP contribution is 2.65. The second-order valence-electron chi connectivity index (χ2n) is 13.9. The largest absolute Gasteiger partial charge is 0.0616 e. The zero-order valence-corrected chi connectivity index (χ0v) is 22.8. The first-order valence-corrected chi connectivity index (χ1v) is 15.7. The molecule has 0 heterocycles. The first kappa shape index (κ1) is 20.7. The van der Waals surface area contributed by atoms with Crippen molar-refractivity contribution in [2.45, 2.75) is 54.8 Å². The summed E-state index contributed by atoms with van der Waals surface area (Å²) in [4.78, 5) is 0. The van der Waals surface area contributed by atoms with Crippen LogP contribution in [0.15, 0.2) is 97.1 Å². The van der Waals surface area contributed by atoms with E-state index >= 15 is 0 Å². The number of rotatable bonds is 0. The van der Waals surface area contributed by atoms with Crippen molar-refractivity contribution in [3.05, 3.63) is 164 Å². The average molecular weight is 521 g/mol. The Morgan fingerprint density at radius 2 is 0.463 bits per heavy atom. The minimum Gasteiger partial charge on any atom is -0.0616 e. The van der Waals surface area contributed by atoms with Crippen molar-refractivity contribution in [1.82, 2.24) is 0 Å². The van der Waals surface area contributed by atoms with Crippen molar-refractivity contribution < 1.29 is 0 Å². The van der Waals surface area contributed by atoms with Gasteiger partial charge in [0.25, 0.3) is 0 Å². The maximum atomic E-state index is 2.68. The Kier molecular flexibility index (Phi) is 3.36. The van der Waals surface area contributed by atoms with Crippen molar-refractivity contribution in [2.24, 2.45) is 0 Å². The number of benzene rings is 6. The molecule has 12 rings (SSSR count). The van der Waals surface area contributed by atoms with Crippen LogP contribution in [0.3, 0.4) is 0 Å². The van der Waals surface area contributed by atoms with E-state index in [1.165, 1.54) is 40.8 Å². The third kappa shape index (κ3) is 2.29. The van der Waals surface area contributed by atoms with Crippen LogP contribution in [0.5, 0.6) is 0 Å². The highest BCUT2D eigenvalue weighted by molar-refractivity contribution is 5.87. The van der Waals surface area contributed by atoms with Gasteiger partial charge in [-0.05, 0) is 108 Å². The molecule has 0 amide bonds. The summed E-state index contributed by atoms with van der Waals surface area (Å²) in [5, 5.41) is 5.58. The minimum absolute atomic E-state index is 0.584. The van der Waals surface area contributed by atoms with Gasteiger partial charge in [-0.2, -0.15) is 0 Å². The van der Waals surface area contributed by atoms with Crippen molar-refractivity contribution in [3.8, 4) is 0 Å². The third-order valence-corrected chi connectivity index (χ3v) is 12.4. The smallest absolute Gasteiger partial charge is 0.0105 e. The Balaban J connectivity index is 0.986. The van der Waals surface area contributed by atoms with Crippen LogP contribution in [0.2, 0.25) is 0 Å². The lowest BCUT2D eigenvalue weighted by molar-refractivity contribution is 0.778. The van der Waals surface area contributed by atoms with Crippen molar-refractivity contribution in [2.75, 3.05) is 0 Å². The molecular weight excluding hydrogens is 492 g/mol. The van der Waals surface area contributed by atoms with Crippen LogP contribution < -0.4 is 0 Å². The highest BCUT2D eigenvalue weighted by atomic mass is 14.5. The molecule has 192 valence electrons. The van der Waals surface area contributed by atoms with Gasteiger partial charge in [0.1, 0.15) is 0 Å². The fourth-order valence-electron chi connectivity index (χ4n) is 10.7. The van der Waals surface area contributed by atoms with E-state index in [4.69, 9.17) is 0 Å². The van der Waals surface area contributed by atoms with E-state index < -0.39 is 0 Å². The molecule has 0 heteroatoms. The first-order valence-electron chi connectivity index (χ1n) is 15.7. The molecule has 0 aliphatic heterocycles. The van der Waals surface area contributed by atoms with Gasteiger partial charge in [-0.25, -0.2) is 0 Å². The summed E-state index contributed by atoms with van der Waals surface area (Å²) >= 11 is 0. The Morgan fingerprint density at radius 3 is 0.683 bits per heavy atom.